The SMILES string of the molecule is CC(C)c1cccc(C(C)C)c1-c1cc(Oc2ccc3c(c2)N(c2cc(C(C)(C)C)ccn2)c2ccccc2C3(C)C)cc(C2=N[C@@H]3CCCC[C@]3(C)O2)c1. The number of aromatic nitrogens is 1. The van der Waals surface area contributed by atoms with E-state index in [-0.39, 0.29) is 22.5 Å². The molecule has 55 heavy (non-hydrogen) atoms. The van der Waals surface area contributed by atoms with Crippen molar-refractivity contribution in [2.75, 3.05) is 4.90 Å². The highest BCUT2D eigenvalue weighted by atomic mass is 16.5. The monoisotopic (exact) mass is 731 g/mol. The molecule has 5 heteroatoms. The van der Waals surface area contributed by atoms with Crippen molar-refractivity contribution in [2.24, 2.45) is 4.99 Å². The molecule has 4 aromatic carbocycles. The van der Waals surface area contributed by atoms with Gasteiger partial charge in [0.05, 0.1) is 17.4 Å². The number of pyridine rings is 1. The lowest BCUT2D eigenvalue weighted by Crippen LogP contribution is -2.39. The zero-order valence-corrected chi connectivity index (χ0v) is 34.5. The van der Waals surface area contributed by atoms with Crippen LogP contribution >= 0.6 is 0 Å². The lowest BCUT2D eigenvalue weighted by atomic mass is 9.73. The summed E-state index contributed by atoms with van der Waals surface area (Å²) in [6, 6.07) is 33.2. The molecular formula is C50H57N3O2. The number of ether oxygens (including phenoxy) is 2. The Kier molecular flexibility index (Phi) is 9.22. The lowest BCUT2D eigenvalue weighted by molar-refractivity contribution is 0.0446. The van der Waals surface area contributed by atoms with Crippen molar-refractivity contribution in [1.29, 1.82) is 0 Å². The van der Waals surface area contributed by atoms with Gasteiger partial charge in [-0.05, 0) is 125 Å². The summed E-state index contributed by atoms with van der Waals surface area (Å²) >= 11 is 0. The molecule has 1 aliphatic carbocycles. The minimum Gasteiger partial charge on any atom is -0.469 e. The molecule has 0 saturated heterocycles. The number of hydrogen-bond acceptors (Lipinski definition) is 5. The lowest BCUT2D eigenvalue weighted by Gasteiger charge is -2.41. The van der Waals surface area contributed by atoms with E-state index >= 15 is 0 Å². The number of hydrogen-bond donors (Lipinski definition) is 0. The minimum atomic E-state index is -0.257. The average molecular weight is 732 g/mol. The van der Waals surface area contributed by atoms with Gasteiger partial charge < -0.3 is 9.47 Å². The van der Waals surface area contributed by atoms with Gasteiger partial charge in [-0.25, -0.2) is 9.98 Å². The molecule has 5 nitrogen and oxygen atoms in total. The second-order valence-corrected chi connectivity index (χ2v) is 18.4. The van der Waals surface area contributed by atoms with E-state index in [0.717, 1.165) is 58.6 Å². The van der Waals surface area contributed by atoms with Crippen molar-refractivity contribution >= 4 is 23.1 Å². The zero-order valence-electron chi connectivity index (χ0n) is 34.5. The predicted octanol–water partition coefficient (Wildman–Crippen LogP) is 13.7. The number of nitrogens with zero attached hydrogens (tertiary/aromatic N) is 3. The second kappa shape index (κ2) is 13.7. The van der Waals surface area contributed by atoms with Gasteiger partial charge in [-0.1, -0.05) is 111 Å². The van der Waals surface area contributed by atoms with E-state index in [4.69, 9.17) is 19.5 Å². The van der Waals surface area contributed by atoms with Gasteiger partial charge in [0.15, 0.2) is 0 Å². The highest BCUT2D eigenvalue weighted by Gasteiger charge is 2.44. The molecule has 1 aromatic heterocycles. The molecule has 1 saturated carbocycles. The molecule has 5 aromatic rings. The summed E-state index contributed by atoms with van der Waals surface area (Å²) in [5.74, 6) is 3.87. The van der Waals surface area contributed by atoms with Gasteiger partial charge in [-0.15, -0.1) is 0 Å². The summed E-state index contributed by atoms with van der Waals surface area (Å²) in [6.07, 6.45) is 6.41. The zero-order chi connectivity index (χ0) is 38.9. The van der Waals surface area contributed by atoms with E-state index in [1.54, 1.807) is 0 Å². The normalized spacial score (nSPS) is 20.1. The summed E-state index contributed by atoms with van der Waals surface area (Å²) < 4.78 is 13.8. The first-order chi connectivity index (χ1) is 26.1. The van der Waals surface area contributed by atoms with E-state index in [9.17, 15) is 0 Å². The fourth-order valence-corrected chi connectivity index (χ4v) is 9.09. The minimum absolute atomic E-state index is 0.0189. The van der Waals surface area contributed by atoms with Crippen molar-refractivity contribution < 1.29 is 9.47 Å². The predicted molar refractivity (Wildman–Crippen MR) is 228 cm³/mol. The smallest absolute Gasteiger partial charge is 0.217 e. The molecule has 284 valence electrons. The van der Waals surface area contributed by atoms with Crippen molar-refractivity contribution in [3.63, 3.8) is 0 Å². The Morgan fingerprint density at radius 3 is 2.16 bits per heavy atom. The third kappa shape index (κ3) is 6.64. The van der Waals surface area contributed by atoms with E-state index in [1.807, 2.05) is 6.20 Å². The largest absolute Gasteiger partial charge is 0.469 e. The molecule has 8 rings (SSSR count). The third-order valence-corrected chi connectivity index (χ3v) is 12.3. The van der Waals surface area contributed by atoms with Crippen molar-refractivity contribution in [3.05, 3.63) is 131 Å². The Labute approximate surface area is 328 Å². The maximum atomic E-state index is 7.01. The van der Waals surface area contributed by atoms with Crippen LogP contribution in [-0.2, 0) is 15.6 Å². The van der Waals surface area contributed by atoms with Crippen molar-refractivity contribution in [3.8, 4) is 22.6 Å². The number of benzene rings is 4. The Hall–Kier alpha value is -4.90. The van der Waals surface area contributed by atoms with Crippen LogP contribution < -0.4 is 9.64 Å². The van der Waals surface area contributed by atoms with E-state index in [1.165, 1.54) is 46.2 Å². The summed E-state index contributed by atoms with van der Waals surface area (Å²) in [5, 5.41) is 0. The average Bonchev–Trinajstić information content (AvgIpc) is 3.52. The summed E-state index contributed by atoms with van der Waals surface area (Å²) in [6.45, 7) is 22.8. The van der Waals surface area contributed by atoms with Gasteiger partial charge in [-0.3, -0.25) is 4.90 Å². The number of para-hydroxylation sites is 1. The van der Waals surface area contributed by atoms with Crippen LogP contribution in [-0.4, -0.2) is 22.5 Å². The van der Waals surface area contributed by atoms with Gasteiger partial charge in [0.1, 0.15) is 22.9 Å². The van der Waals surface area contributed by atoms with Gasteiger partial charge in [0, 0.05) is 23.2 Å². The standard InChI is InChI=1S/C50H57N3O2/c1-31(2)38-16-15-17-39(32(3)4)46(38)33-26-34(47-52-44-20-13-14-24-50(44,10)55-47)28-37(27-33)54-36-21-22-41-43(30-36)53(42-19-12-11-18-40(42)49(41,8)9)45-29-35(23-25-51-45)48(5,6)7/h11-12,15-19,21-23,25-32,44H,13-14,20,24H2,1-10H3/t44-,50+/m1/s1. The van der Waals surface area contributed by atoms with Crippen LogP contribution in [0, 0.1) is 0 Å². The number of anilines is 3. The first-order valence-electron chi connectivity index (χ1n) is 20.4. The maximum Gasteiger partial charge on any atom is 0.217 e. The van der Waals surface area contributed by atoms with Crippen LogP contribution in [0.15, 0.2) is 102 Å². The van der Waals surface area contributed by atoms with Crippen LogP contribution in [0.5, 0.6) is 11.5 Å². The molecule has 2 aliphatic heterocycles. The fraction of sp³-hybridized carbons (Fsp3) is 0.400. The molecule has 0 radical (unpaired) electrons. The molecule has 3 heterocycles. The number of aliphatic imine (C=N–C) groups is 1. The molecule has 0 spiro atoms. The van der Waals surface area contributed by atoms with E-state index in [0.29, 0.717) is 11.8 Å². The summed E-state index contributed by atoms with van der Waals surface area (Å²) in [4.78, 5) is 12.5. The molecule has 0 amide bonds. The van der Waals surface area contributed by atoms with Crippen molar-refractivity contribution in [2.45, 2.75) is 129 Å². The third-order valence-electron chi connectivity index (χ3n) is 12.3. The topological polar surface area (TPSA) is 47.0 Å². The van der Waals surface area contributed by atoms with Gasteiger partial charge in [-0.2, -0.15) is 0 Å². The quantitative estimate of drug-likeness (QED) is 0.167. The van der Waals surface area contributed by atoms with Crippen LogP contribution in [0.1, 0.15) is 140 Å². The van der Waals surface area contributed by atoms with Crippen LogP contribution in [0.3, 0.4) is 0 Å². The Balaban J connectivity index is 1.28. The van der Waals surface area contributed by atoms with E-state index in [2.05, 4.69) is 165 Å². The molecule has 2 atom stereocenters. The number of fused-ring (bicyclic) bond motifs is 3. The van der Waals surface area contributed by atoms with Crippen molar-refractivity contribution in [1.82, 2.24) is 4.98 Å². The molecule has 0 bridgehead atoms. The molecular weight excluding hydrogens is 675 g/mol. The van der Waals surface area contributed by atoms with Crippen LogP contribution in [0.4, 0.5) is 17.2 Å². The van der Waals surface area contributed by atoms with Gasteiger partial charge in [0.2, 0.25) is 5.90 Å². The first-order valence-corrected chi connectivity index (χ1v) is 20.4. The Morgan fingerprint density at radius 1 is 0.745 bits per heavy atom. The van der Waals surface area contributed by atoms with Crippen LogP contribution in [0.2, 0.25) is 0 Å². The van der Waals surface area contributed by atoms with E-state index < -0.39 is 0 Å². The summed E-state index contributed by atoms with van der Waals surface area (Å²) in [7, 11) is 0. The Morgan fingerprint density at radius 2 is 1.45 bits per heavy atom. The first kappa shape index (κ1) is 37.0. The van der Waals surface area contributed by atoms with Gasteiger partial charge in [0.25, 0.3) is 0 Å². The molecule has 0 N–H and O–H groups in total. The molecule has 0 unspecified atom stereocenters. The highest BCUT2D eigenvalue weighted by Crippen LogP contribution is 2.53. The molecule has 1 fully saturated rings. The molecule has 3 aliphatic rings. The van der Waals surface area contributed by atoms with Crippen LogP contribution in [0.25, 0.3) is 11.1 Å². The maximum absolute atomic E-state index is 7.01. The second-order valence-electron chi connectivity index (χ2n) is 18.4. The highest BCUT2D eigenvalue weighted by molar-refractivity contribution is 5.98. The Bertz CT molecular complexity index is 2270. The summed E-state index contributed by atoms with van der Waals surface area (Å²) in [5.41, 5.74) is 11.5. The number of rotatable bonds is 7. The fourth-order valence-electron chi connectivity index (χ4n) is 9.09. The van der Waals surface area contributed by atoms with Gasteiger partial charge >= 0.3 is 0 Å².